The lowest BCUT2D eigenvalue weighted by molar-refractivity contribution is 0.0356. The lowest BCUT2D eigenvalue weighted by Crippen LogP contribution is -2.26. The molecular formula is C58H69IO3. The van der Waals surface area contributed by atoms with Crippen LogP contribution in [0.5, 0.6) is 5.75 Å². The summed E-state index contributed by atoms with van der Waals surface area (Å²) in [4.78, 5) is 0. The van der Waals surface area contributed by atoms with Crippen LogP contribution in [0.3, 0.4) is 0 Å². The van der Waals surface area contributed by atoms with Gasteiger partial charge in [-0.15, -0.1) is 0 Å². The third kappa shape index (κ3) is 10.1. The zero-order valence-corrected chi connectivity index (χ0v) is 40.4. The van der Waals surface area contributed by atoms with Crippen LogP contribution in [0.4, 0.5) is 0 Å². The molecule has 0 amide bonds. The zero-order valence-electron chi connectivity index (χ0n) is 38.3. The first-order valence-corrected chi connectivity index (χ1v) is 25.1. The third-order valence-corrected chi connectivity index (χ3v) is 14.2. The second kappa shape index (κ2) is 22.1. The highest BCUT2D eigenvalue weighted by atomic mass is 127. The molecule has 2 aliphatic carbocycles. The second-order valence-electron chi connectivity index (χ2n) is 17.8. The minimum absolute atomic E-state index is 0.0369. The first-order valence-electron chi connectivity index (χ1n) is 24.1. The molecule has 2 aliphatic rings. The lowest BCUT2D eigenvalue weighted by atomic mass is 9.69. The molecule has 4 heteroatoms. The maximum atomic E-state index is 5.93. The Labute approximate surface area is 387 Å². The zero-order chi connectivity index (χ0) is 43.4. The average Bonchev–Trinajstić information content (AvgIpc) is 3.72. The number of unbranched alkanes of at least 4 members (excludes halogenated alkanes) is 5. The Bertz CT molecular complexity index is 2290. The normalized spacial score (nSPS) is 13.8. The number of ether oxygens (including phenoxy) is 3. The van der Waals surface area contributed by atoms with E-state index in [1.807, 2.05) is 12.1 Å². The topological polar surface area (TPSA) is 27.7 Å². The van der Waals surface area contributed by atoms with Crippen molar-refractivity contribution in [2.75, 3.05) is 33.0 Å². The first kappa shape index (κ1) is 46.1. The van der Waals surface area contributed by atoms with Gasteiger partial charge >= 0.3 is 0 Å². The molecule has 0 bridgehead atoms. The van der Waals surface area contributed by atoms with Crippen molar-refractivity contribution in [1.29, 1.82) is 0 Å². The van der Waals surface area contributed by atoms with Gasteiger partial charge in [0.2, 0.25) is 0 Å². The summed E-state index contributed by atoms with van der Waals surface area (Å²) in [6.45, 7) is 14.6. The fourth-order valence-electron chi connectivity index (χ4n) is 10.2. The van der Waals surface area contributed by atoms with Crippen LogP contribution in [0.25, 0.3) is 33.4 Å². The molecule has 326 valence electrons. The Morgan fingerprint density at radius 3 is 1.37 bits per heavy atom. The molecule has 5 aromatic rings. The van der Waals surface area contributed by atoms with Crippen LogP contribution in [-0.2, 0) is 20.3 Å². The minimum Gasteiger partial charge on any atom is -0.491 e. The number of hydrogen-bond donors (Lipinski definition) is 0. The van der Waals surface area contributed by atoms with Gasteiger partial charge in [0, 0.05) is 32.1 Å². The Balaban J connectivity index is 1.17. The van der Waals surface area contributed by atoms with E-state index < -0.39 is 0 Å². The molecule has 0 saturated carbocycles. The molecule has 0 radical (unpaired) electrons. The van der Waals surface area contributed by atoms with E-state index in [0.717, 1.165) is 49.2 Å². The van der Waals surface area contributed by atoms with E-state index in [4.69, 9.17) is 14.2 Å². The molecule has 3 nitrogen and oxygen atoms in total. The summed E-state index contributed by atoms with van der Waals surface area (Å²) in [6.07, 6.45) is 16.6. The quantitative estimate of drug-likeness (QED) is 0.0371. The molecule has 0 fully saturated rings. The van der Waals surface area contributed by atoms with Crippen LogP contribution in [0, 0.1) is 15.4 Å². The standard InChI is InChI=1S/C58H69IO3/c1-6-11-30-57(31-12-7-2)53-39-44(17-16-43-18-24-48(25-19-43)62-38-37-61-36-35-60-34-15-10-5)20-26-49(53)50-27-21-45(40-54(50)57)46-22-28-51-52-29-23-47(59)42-56(52)58(32-13-8-3,33-14-9-4)55(51)41-46/h18-29,39-42H,6-15,30-38H2,1-5H3. The fourth-order valence-corrected chi connectivity index (χ4v) is 10.7. The molecule has 0 N–H and O–H groups in total. The van der Waals surface area contributed by atoms with E-state index in [1.165, 1.54) is 112 Å². The monoisotopic (exact) mass is 940 g/mol. The largest absolute Gasteiger partial charge is 0.491 e. The van der Waals surface area contributed by atoms with E-state index in [-0.39, 0.29) is 10.8 Å². The molecule has 62 heavy (non-hydrogen) atoms. The molecule has 0 saturated heterocycles. The van der Waals surface area contributed by atoms with Crippen LogP contribution in [-0.4, -0.2) is 33.0 Å². The fraction of sp³-hybridized carbons (Fsp3) is 0.448. The Morgan fingerprint density at radius 2 is 0.839 bits per heavy atom. The van der Waals surface area contributed by atoms with E-state index in [2.05, 4.69) is 154 Å². The number of benzene rings is 5. The SMILES string of the molecule is CCCCOCCOCCOc1ccc(C#Cc2ccc3c(c2)C(CCCC)(CCCC)c2cc(-c4ccc5c(c4)C(CCCC)(CCCC)c4cc(I)ccc4-5)ccc2-3)cc1. The van der Waals surface area contributed by atoms with Gasteiger partial charge in [-0.05, 0) is 171 Å². The van der Waals surface area contributed by atoms with Gasteiger partial charge in [0.15, 0.2) is 0 Å². The van der Waals surface area contributed by atoms with Gasteiger partial charge in [0.25, 0.3) is 0 Å². The van der Waals surface area contributed by atoms with Gasteiger partial charge in [0.05, 0.1) is 19.8 Å². The molecule has 0 aromatic heterocycles. The summed E-state index contributed by atoms with van der Waals surface area (Å²) in [5.74, 6) is 7.85. The number of hydrogen-bond acceptors (Lipinski definition) is 3. The highest BCUT2D eigenvalue weighted by Crippen LogP contribution is 2.57. The van der Waals surface area contributed by atoms with Crippen molar-refractivity contribution in [2.45, 2.75) is 135 Å². The molecule has 0 aliphatic heterocycles. The summed E-state index contributed by atoms with van der Waals surface area (Å²) in [5.41, 5.74) is 16.6. The summed E-state index contributed by atoms with van der Waals surface area (Å²) < 4.78 is 18.5. The predicted octanol–water partition coefficient (Wildman–Crippen LogP) is 15.9. The summed E-state index contributed by atoms with van der Waals surface area (Å²) in [6, 6.07) is 37.3. The highest BCUT2D eigenvalue weighted by molar-refractivity contribution is 14.1. The van der Waals surface area contributed by atoms with Crippen molar-refractivity contribution in [1.82, 2.24) is 0 Å². The van der Waals surface area contributed by atoms with Crippen LogP contribution >= 0.6 is 22.6 Å². The third-order valence-electron chi connectivity index (χ3n) is 13.6. The van der Waals surface area contributed by atoms with Crippen molar-refractivity contribution in [3.63, 3.8) is 0 Å². The molecule has 5 aromatic carbocycles. The lowest BCUT2D eigenvalue weighted by Gasteiger charge is -2.33. The van der Waals surface area contributed by atoms with Gasteiger partial charge in [-0.25, -0.2) is 0 Å². The summed E-state index contributed by atoms with van der Waals surface area (Å²) >= 11 is 2.52. The van der Waals surface area contributed by atoms with Crippen molar-refractivity contribution in [3.8, 4) is 51.0 Å². The van der Waals surface area contributed by atoms with Crippen LogP contribution in [0.1, 0.15) is 158 Å². The van der Waals surface area contributed by atoms with E-state index in [9.17, 15) is 0 Å². The Kier molecular flexibility index (Phi) is 16.5. The first-order chi connectivity index (χ1) is 30.4. The smallest absolute Gasteiger partial charge is 0.119 e. The maximum Gasteiger partial charge on any atom is 0.119 e. The van der Waals surface area contributed by atoms with Crippen LogP contribution in [0.2, 0.25) is 0 Å². The average molecular weight is 941 g/mol. The van der Waals surface area contributed by atoms with Crippen LogP contribution in [0.15, 0.2) is 97.1 Å². The van der Waals surface area contributed by atoms with Gasteiger partial charge in [-0.2, -0.15) is 0 Å². The van der Waals surface area contributed by atoms with Gasteiger partial charge in [-0.3, -0.25) is 0 Å². The number of rotatable bonds is 23. The molecule has 0 heterocycles. The van der Waals surface area contributed by atoms with Crippen LogP contribution < -0.4 is 4.74 Å². The second-order valence-corrected chi connectivity index (χ2v) is 19.0. The summed E-state index contributed by atoms with van der Waals surface area (Å²) in [5, 5.41) is 0. The molecular weight excluding hydrogens is 872 g/mol. The summed E-state index contributed by atoms with van der Waals surface area (Å²) in [7, 11) is 0. The molecule has 7 rings (SSSR count). The maximum absolute atomic E-state index is 5.93. The van der Waals surface area contributed by atoms with Crippen molar-refractivity contribution >= 4 is 22.6 Å². The molecule has 0 atom stereocenters. The molecule has 0 unspecified atom stereocenters. The van der Waals surface area contributed by atoms with Gasteiger partial charge in [0.1, 0.15) is 12.4 Å². The highest BCUT2D eigenvalue weighted by Gasteiger charge is 2.44. The van der Waals surface area contributed by atoms with E-state index in [0.29, 0.717) is 26.4 Å². The minimum atomic E-state index is -0.0369. The van der Waals surface area contributed by atoms with Gasteiger partial charge in [-0.1, -0.05) is 141 Å². The van der Waals surface area contributed by atoms with Gasteiger partial charge < -0.3 is 14.2 Å². The molecule has 0 spiro atoms. The van der Waals surface area contributed by atoms with E-state index >= 15 is 0 Å². The number of halogens is 1. The van der Waals surface area contributed by atoms with Crippen molar-refractivity contribution in [2.24, 2.45) is 0 Å². The Morgan fingerprint density at radius 1 is 0.419 bits per heavy atom. The Hall–Kier alpha value is -3.89. The predicted molar refractivity (Wildman–Crippen MR) is 270 cm³/mol. The van der Waals surface area contributed by atoms with Crippen molar-refractivity contribution < 1.29 is 14.2 Å². The van der Waals surface area contributed by atoms with E-state index in [1.54, 1.807) is 11.1 Å². The number of fused-ring (bicyclic) bond motifs is 6. The van der Waals surface area contributed by atoms with Crippen molar-refractivity contribution in [3.05, 3.63) is 134 Å².